The SMILES string of the molecule is CC/C=C/C=C/C=C/C=C/CCCCCC(=O)OCC(COC(=O)CCCCC/C=C/C/C=C/C/C=C/C/C=C/CC)OC(=O)CCCCCCCCCCCCCCCCCC. The lowest BCUT2D eigenvalue weighted by Crippen LogP contribution is -2.30. The Morgan fingerprint density at radius 3 is 1.16 bits per heavy atom. The minimum atomic E-state index is -0.805. The number of rotatable bonds is 45. The molecule has 0 saturated heterocycles. The normalized spacial score (nSPS) is 12.9. The Hall–Kier alpha value is -3.67. The van der Waals surface area contributed by atoms with Crippen LogP contribution in [0, 0.1) is 0 Å². The number of unbranched alkanes of at least 4 members (excludes halogenated alkanes) is 21. The van der Waals surface area contributed by atoms with E-state index >= 15 is 0 Å². The van der Waals surface area contributed by atoms with Crippen molar-refractivity contribution in [2.45, 2.75) is 232 Å². The molecule has 0 aromatic carbocycles. The van der Waals surface area contributed by atoms with Crippen molar-refractivity contribution in [2.24, 2.45) is 0 Å². The first-order valence-corrected chi connectivity index (χ1v) is 25.8. The van der Waals surface area contributed by atoms with Gasteiger partial charge in [0.1, 0.15) is 13.2 Å². The summed E-state index contributed by atoms with van der Waals surface area (Å²) in [7, 11) is 0. The lowest BCUT2D eigenvalue weighted by Gasteiger charge is -2.18. The maximum absolute atomic E-state index is 12.8. The van der Waals surface area contributed by atoms with Gasteiger partial charge in [-0.25, -0.2) is 0 Å². The van der Waals surface area contributed by atoms with E-state index in [0.717, 1.165) is 103 Å². The van der Waals surface area contributed by atoms with Crippen molar-refractivity contribution in [1.29, 1.82) is 0 Å². The third-order valence-corrected chi connectivity index (χ3v) is 10.7. The molecule has 0 aliphatic heterocycles. The van der Waals surface area contributed by atoms with E-state index in [9.17, 15) is 14.4 Å². The van der Waals surface area contributed by atoms with Crippen molar-refractivity contribution < 1.29 is 28.6 Å². The highest BCUT2D eigenvalue weighted by atomic mass is 16.6. The second-order valence-corrected chi connectivity index (χ2v) is 16.8. The Morgan fingerprint density at radius 2 is 0.698 bits per heavy atom. The maximum atomic E-state index is 12.8. The zero-order chi connectivity index (χ0) is 45.8. The second kappa shape index (κ2) is 51.0. The zero-order valence-electron chi connectivity index (χ0n) is 40.8. The van der Waals surface area contributed by atoms with Crippen LogP contribution in [0.25, 0.3) is 0 Å². The van der Waals surface area contributed by atoms with Gasteiger partial charge in [-0.2, -0.15) is 0 Å². The topological polar surface area (TPSA) is 78.9 Å². The van der Waals surface area contributed by atoms with Gasteiger partial charge in [0.2, 0.25) is 0 Å². The van der Waals surface area contributed by atoms with Crippen LogP contribution in [0.4, 0.5) is 0 Å². The molecule has 0 heterocycles. The quantitative estimate of drug-likeness (QED) is 0.0199. The molecule has 0 amide bonds. The monoisotopic (exact) mass is 875 g/mol. The molecule has 0 radical (unpaired) electrons. The molecule has 1 unspecified atom stereocenters. The molecule has 0 N–H and O–H groups in total. The minimum Gasteiger partial charge on any atom is -0.462 e. The van der Waals surface area contributed by atoms with Crippen molar-refractivity contribution in [1.82, 2.24) is 0 Å². The molecule has 0 fully saturated rings. The highest BCUT2D eigenvalue weighted by molar-refractivity contribution is 5.71. The van der Waals surface area contributed by atoms with Crippen LogP contribution in [-0.2, 0) is 28.6 Å². The smallest absolute Gasteiger partial charge is 0.306 e. The highest BCUT2D eigenvalue weighted by Gasteiger charge is 2.19. The summed E-state index contributed by atoms with van der Waals surface area (Å²) in [6.45, 7) is 6.32. The number of esters is 3. The first-order valence-electron chi connectivity index (χ1n) is 25.8. The van der Waals surface area contributed by atoms with E-state index < -0.39 is 6.10 Å². The highest BCUT2D eigenvalue weighted by Crippen LogP contribution is 2.15. The molecular formula is C57H94O6. The van der Waals surface area contributed by atoms with Gasteiger partial charge in [0.15, 0.2) is 6.10 Å². The molecule has 1 atom stereocenters. The molecule has 0 rings (SSSR count). The molecule has 0 aliphatic carbocycles. The van der Waals surface area contributed by atoms with E-state index in [1.807, 2.05) is 36.5 Å². The number of ether oxygens (including phenoxy) is 3. The van der Waals surface area contributed by atoms with Crippen molar-refractivity contribution >= 4 is 17.9 Å². The molecule has 0 aromatic heterocycles. The molecule has 0 saturated carbocycles. The first kappa shape index (κ1) is 59.3. The van der Waals surface area contributed by atoms with Crippen LogP contribution in [0.2, 0.25) is 0 Å². The third kappa shape index (κ3) is 49.2. The third-order valence-electron chi connectivity index (χ3n) is 10.7. The van der Waals surface area contributed by atoms with Crippen LogP contribution in [0.3, 0.4) is 0 Å². The molecule has 63 heavy (non-hydrogen) atoms. The average Bonchev–Trinajstić information content (AvgIpc) is 3.28. The van der Waals surface area contributed by atoms with Crippen LogP contribution in [0.5, 0.6) is 0 Å². The van der Waals surface area contributed by atoms with Crippen LogP contribution in [0.15, 0.2) is 97.2 Å². The first-order chi connectivity index (χ1) is 31.0. The number of carbonyl (C=O) groups excluding carboxylic acids is 3. The summed E-state index contributed by atoms with van der Waals surface area (Å²) in [4.78, 5) is 38.0. The van der Waals surface area contributed by atoms with Gasteiger partial charge in [0.25, 0.3) is 0 Å². The predicted octanol–water partition coefficient (Wildman–Crippen LogP) is 17.0. The Balaban J connectivity index is 4.48. The fourth-order valence-corrected chi connectivity index (χ4v) is 6.85. The fourth-order valence-electron chi connectivity index (χ4n) is 6.85. The number of hydrogen-bond acceptors (Lipinski definition) is 6. The largest absolute Gasteiger partial charge is 0.462 e. The number of carbonyl (C=O) groups is 3. The van der Waals surface area contributed by atoms with Gasteiger partial charge in [-0.1, -0.05) is 227 Å². The molecule has 6 nitrogen and oxygen atoms in total. The van der Waals surface area contributed by atoms with Gasteiger partial charge in [-0.3, -0.25) is 14.4 Å². The summed E-state index contributed by atoms with van der Waals surface area (Å²) in [6.07, 6.45) is 66.8. The fraction of sp³-hybridized carbons (Fsp3) is 0.667. The number of allylic oxidation sites excluding steroid dienone is 16. The summed E-state index contributed by atoms with van der Waals surface area (Å²) >= 11 is 0. The van der Waals surface area contributed by atoms with Crippen LogP contribution >= 0.6 is 0 Å². The molecule has 0 aromatic rings. The number of hydrogen-bond donors (Lipinski definition) is 0. The van der Waals surface area contributed by atoms with E-state index in [1.54, 1.807) is 0 Å². The maximum Gasteiger partial charge on any atom is 0.306 e. The van der Waals surface area contributed by atoms with Crippen LogP contribution in [0.1, 0.15) is 226 Å². The van der Waals surface area contributed by atoms with Gasteiger partial charge in [0.05, 0.1) is 0 Å². The van der Waals surface area contributed by atoms with E-state index in [2.05, 4.69) is 81.5 Å². The Kier molecular flexibility index (Phi) is 48.0. The molecule has 0 bridgehead atoms. The Labute approximate surface area is 387 Å². The van der Waals surface area contributed by atoms with Crippen LogP contribution in [-0.4, -0.2) is 37.2 Å². The minimum absolute atomic E-state index is 0.106. The standard InChI is InChI=1S/C57H94O6/c1-4-7-10-13-16-19-22-25-27-29-32-35-38-41-44-47-50-56(59)62-53-54(52-61-55(58)49-46-43-40-37-34-31-24-21-18-15-12-9-6-3)63-57(60)51-48-45-42-39-36-33-30-28-26-23-20-17-14-11-8-5-2/h7,9-10,12,15-16,18-19,21,24-25,27,31-32,34-35,54H,4-6,8,11,13-14,17,20,22-23,26,28-30,33,36-53H2,1-3H3/b10-7+,12-9+,18-15+,19-16+,24-21+,27-25+,34-31+,35-32+. The van der Waals surface area contributed by atoms with E-state index in [4.69, 9.17) is 14.2 Å². The van der Waals surface area contributed by atoms with Crippen molar-refractivity contribution in [3.05, 3.63) is 97.2 Å². The van der Waals surface area contributed by atoms with E-state index in [1.165, 1.54) is 83.5 Å². The summed E-state index contributed by atoms with van der Waals surface area (Å²) in [5.74, 6) is -0.974. The summed E-state index contributed by atoms with van der Waals surface area (Å²) in [5, 5.41) is 0. The summed E-state index contributed by atoms with van der Waals surface area (Å²) < 4.78 is 16.7. The van der Waals surface area contributed by atoms with Gasteiger partial charge in [-0.05, 0) is 77.0 Å². The molecule has 358 valence electrons. The molecule has 6 heteroatoms. The predicted molar refractivity (Wildman–Crippen MR) is 270 cm³/mol. The van der Waals surface area contributed by atoms with Crippen molar-refractivity contribution in [3.63, 3.8) is 0 Å². The summed E-state index contributed by atoms with van der Waals surface area (Å²) in [5.41, 5.74) is 0. The van der Waals surface area contributed by atoms with Gasteiger partial charge in [0, 0.05) is 19.3 Å². The Bertz CT molecular complexity index is 1280. The molecular weight excluding hydrogens is 781 g/mol. The molecule has 0 aliphatic rings. The van der Waals surface area contributed by atoms with Gasteiger partial charge < -0.3 is 14.2 Å². The zero-order valence-corrected chi connectivity index (χ0v) is 40.8. The average molecular weight is 875 g/mol. The summed E-state index contributed by atoms with van der Waals surface area (Å²) in [6, 6.07) is 0. The second-order valence-electron chi connectivity index (χ2n) is 16.8. The van der Waals surface area contributed by atoms with Crippen molar-refractivity contribution in [3.8, 4) is 0 Å². The lowest BCUT2D eigenvalue weighted by atomic mass is 10.0. The van der Waals surface area contributed by atoms with Gasteiger partial charge >= 0.3 is 17.9 Å². The van der Waals surface area contributed by atoms with Crippen LogP contribution < -0.4 is 0 Å². The lowest BCUT2D eigenvalue weighted by molar-refractivity contribution is -0.167. The van der Waals surface area contributed by atoms with Gasteiger partial charge in [-0.15, -0.1) is 0 Å². The van der Waals surface area contributed by atoms with Crippen molar-refractivity contribution in [2.75, 3.05) is 13.2 Å². The Morgan fingerprint density at radius 1 is 0.349 bits per heavy atom. The van der Waals surface area contributed by atoms with E-state index in [-0.39, 0.29) is 31.1 Å². The van der Waals surface area contributed by atoms with E-state index in [0.29, 0.717) is 19.3 Å². The molecule has 0 spiro atoms.